The number of methoxy groups -OCH3 is 1. The van der Waals surface area contributed by atoms with Crippen LogP contribution in [0.4, 0.5) is 11.8 Å². The van der Waals surface area contributed by atoms with Crippen LogP contribution in [0.1, 0.15) is 32.9 Å². The first-order valence-electron chi connectivity index (χ1n) is 9.17. The van der Waals surface area contributed by atoms with Crippen molar-refractivity contribution in [2.45, 2.75) is 38.6 Å². The van der Waals surface area contributed by atoms with Crippen LogP contribution in [0.25, 0.3) is 5.52 Å². The standard InChI is InChI=1S/C19H25N7O/c1-19(2,3)15-11-14-17(20-8-10-26(14)24-15)25-9-6-13(12-25)22-18-21-7-5-16(23-18)27-4/h5,7-8,10-11,13H,6,9,12H2,1-4H3,(H,21,22,23). The van der Waals surface area contributed by atoms with Gasteiger partial charge in [0.15, 0.2) is 5.82 Å². The summed E-state index contributed by atoms with van der Waals surface area (Å²) in [7, 11) is 1.60. The van der Waals surface area contributed by atoms with Crippen molar-refractivity contribution in [2.24, 2.45) is 0 Å². The highest BCUT2D eigenvalue weighted by Crippen LogP contribution is 2.28. The predicted molar refractivity (Wildman–Crippen MR) is 105 cm³/mol. The molecule has 1 N–H and O–H groups in total. The lowest BCUT2D eigenvalue weighted by atomic mass is 9.92. The van der Waals surface area contributed by atoms with Gasteiger partial charge in [-0.1, -0.05) is 20.8 Å². The topological polar surface area (TPSA) is 80.5 Å². The molecule has 0 spiro atoms. The van der Waals surface area contributed by atoms with Crippen molar-refractivity contribution in [2.75, 3.05) is 30.4 Å². The molecule has 4 heterocycles. The lowest BCUT2D eigenvalue weighted by Crippen LogP contribution is -2.27. The molecular weight excluding hydrogens is 342 g/mol. The predicted octanol–water partition coefficient (Wildman–Crippen LogP) is 2.52. The second-order valence-electron chi connectivity index (χ2n) is 7.86. The molecule has 142 valence electrons. The molecule has 1 unspecified atom stereocenters. The summed E-state index contributed by atoms with van der Waals surface area (Å²) in [5, 5.41) is 8.12. The van der Waals surface area contributed by atoms with E-state index in [1.807, 2.05) is 16.9 Å². The van der Waals surface area contributed by atoms with Gasteiger partial charge in [0.25, 0.3) is 0 Å². The molecule has 1 fully saturated rings. The number of hydrogen-bond donors (Lipinski definition) is 1. The number of rotatable bonds is 4. The van der Waals surface area contributed by atoms with E-state index in [9.17, 15) is 0 Å². The van der Waals surface area contributed by atoms with Gasteiger partial charge in [-0.25, -0.2) is 14.5 Å². The molecule has 0 aromatic carbocycles. The summed E-state index contributed by atoms with van der Waals surface area (Å²) in [5.74, 6) is 2.12. The van der Waals surface area contributed by atoms with Crippen LogP contribution < -0.4 is 15.0 Å². The Bertz CT molecular complexity index is 947. The molecule has 1 aliphatic rings. The highest BCUT2D eigenvalue weighted by molar-refractivity contribution is 5.70. The lowest BCUT2D eigenvalue weighted by Gasteiger charge is -2.18. The van der Waals surface area contributed by atoms with Crippen LogP contribution in [-0.4, -0.2) is 50.8 Å². The van der Waals surface area contributed by atoms with E-state index in [0.29, 0.717) is 11.8 Å². The van der Waals surface area contributed by atoms with E-state index in [0.717, 1.165) is 36.5 Å². The Balaban J connectivity index is 1.54. The Hall–Kier alpha value is -2.90. The van der Waals surface area contributed by atoms with E-state index >= 15 is 0 Å². The van der Waals surface area contributed by atoms with Gasteiger partial charge in [-0.2, -0.15) is 10.1 Å². The van der Waals surface area contributed by atoms with E-state index in [4.69, 9.17) is 9.84 Å². The summed E-state index contributed by atoms with van der Waals surface area (Å²) in [5.41, 5.74) is 2.11. The third kappa shape index (κ3) is 3.51. The molecule has 27 heavy (non-hydrogen) atoms. The summed E-state index contributed by atoms with van der Waals surface area (Å²) in [6.45, 7) is 8.27. The molecule has 1 saturated heterocycles. The van der Waals surface area contributed by atoms with Gasteiger partial charge < -0.3 is 15.0 Å². The van der Waals surface area contributed by atoms with Gasteiger partial charge in [-0.3, -0.25) is 0 Å². The van der Waals surface area contributed by atoms with Gasteiger partial charge in [0.2, 0.25) is 11.8 Å². The first-order chi connectivity index (χ1) is 12.9. The maximum absolute atomic E-state index is 5.17. The number of ether oxygens (including phenoxy) is 1. The molecule has 3 aromatic heterocycles. The summed E-state index contributed by atoms with van der Waals surface area (Å²) in [4.78, 5) is 15.6. The monoisotopic (exact) mass is 367 g/mol. The van der Waals surface area contributed by atoms with Crippen LogP contribution >= 0.6 is 0 Å². The normalized spacial score (nSPS) is 17.5. The average molecular weight is 367 g/mol. The van der Waals surface area contributed by atoms with Crippen molar-refractivity contribution in [3.63, 3.8) is 0 Å². The summed E-state index contributed by atoms with van der Waals surface area (Å²) >= 11 is 0. The third-order valence-corrected chi connectivity index (χ3v) is 4.80. The zero-order valence-corrected chi connectivity index (χ0v) is 16.2. The number of anilines is 2. The largest absolute Gasteiger partial charge is 0.481 e. The number of nitrogens with one attached hydrogen (secondary N) is 1. The summed E-state index contributed by atoms with van der Waals surface area (Å²) in [6.07, 6.45) is 6.41. The van der Waals surface area contributed by atoms with Crippen molar-refractivity contribution in [3.05, 3.63) is 36.4 Å². The van der Waals surface area contributed by atoms with Gasteiger partial charge in [0.05, 0.1) is 12.8 Å². The summed E-state index contributed by atoms with van der Waals surface area (Å²) < 4.78 is 7.09. The molecule has 0 saturated carbocycles. The first kappa shape index (κ1) is 17.5. The van der Waals surface area contributed by atoms with Crippen LogP contribution in [0.3, 0.4) is 0 Å². The van der Waals surface area contributed by atoms with Gasteiger partial charge >= 0.3 is 0 Å². The third-order valence-electron chi connectivity index (χ3n) is 4.80. The zero-order chi connectivity index (χ0) is 19.0. The Labute approximate surface area is 158 Å². The molecule has 0 aliphatic carbocycles. The fourth-order valence-electron chi connectivity index (χ4n) is 3.30. The molecule has 1 atom stereocenters. The van der Waals surface area contributed by atoms with Crippen molar-refractivity contribution in [1.82, 2.24) is 24.6 Å². The highest BCUT2D eigenvalue weighted by Gasteiger charge is 2.27. The number of aromatic nitrogens is 5. The molecule has 8 heteroatoms. The highest BCUT2D eigenvalue weighted by atomic mass is 16.5. The van der Waals surface area contributed by atoms with Gasteiger partial charge in [-0.05, 0) is 12.5 Å². The fraction of sp³-hybridized carbons (Fsp3) is 0.474. The minimum absolute atomic E-state index is 0.00208. The molecule has 0 radical (unpaired) electrons. The smallest absolute Gasteiger partial charge is 0.226 e. The average Bonchev–Trinajstić information content (AvgIpc) is 3.28. The van der Waals surface area contributed by atoms with Crippen molar-refractivity contribution in [1.29, 1.82) is 0 Å². The molecule has 1 aliphatic heterocycles. The Kier molecular flexibility index (Phi) is 4.33. The van der Waals surface area contributed by atoms with Crippen molar-refractivity contribution < 1.29 is 4.74 Å². The fourth-order valence-corrected chi connectivity index (χ4v) is 3.30. The van der Waals surface area contributed by atoms with E-state index in [1.165, 1.54) is 0 Å². The van der Waals surface area contributed by atoms with E-state index in [2.05, 4.69) is 52.0 Å². The summed E-state index contributed by atoms with van der Waals surface area (Å²) in [6, 6.07) is 4.14. The lowest BCUT2D eigenvalue weighted by molar-refractivity contribution is 0.397. The van der Waals surface area contributed by atoms with Crippen LogP contribution in [0, 0.1) is 0 Å². The molecule has 3 aromatic rings. The second kappa shape index (κ2) is 6.68. The zero-order valence-electron chi connectivity index (χ0n) is 16.2. The maximum Gasteiger partial charge on any atom is 0.226 e. The van der Waals surface area contributed by atoms with Gasteiger partial charge in [0.1, 0.15) is 5.52 Å². The molecule has 4 rings (SSSR count). The van der Waals surface area contributed by atoms with Crippen LogP contribution in [0.2, 0.25) is 0 Å². The molecule has 0 amide bonds. The second-order valence-corrected chi connectivity index (χ2v) is 7.86. The molecule has 0 bridgehead atoms. The minimum Gasteiger partial charge on any atom is -0.481 e. The van der Waals surface area contributed by atoms with Gasteiger partial charge in [-0.15, -0.1) is 0 Å². The number of fused-ring (bicyclic) bond motifs is 1. The van der Waals surface area contributed by atoms with Crippen LogP contribution in [-0.2, 0) is 5.41 Å². The van der Waals surface area contributed by atoms with Gasteiger partial charge in [0, 0.05) is 49.2 Å². The first-order valence-corrected chi connectivity index (χ1v) is 9.17. The maximum atomic E-state index is 5.17. The Morgan fingerprint density at radius 1 is 1.22 bits per heavy atom. The molecule has 8 nitrogen and oxygen atoms in total. The number of hydrogen-bond acceptors (Lipinski definition) is 7. The Morgan fingerprint density at radius 2 is 2.07 bits per heavy atom. The minimum atomic E-state index is 0.00208. The van der Waals surface area contributed by atoms with Crippen molar-refractivity contribution in [3.8, 4) is 5.88 Å². The van der Waals surface area contributed by atoms with E-state index in [1.54, 1.807) is 19.4 Å². The number of nitrogens with zero attached hydrogens (tertiary/aromatic N) is 6. The van der Waals surface area contributed by atoms with E-state index in [-0.39, 0.29) is 11.5 Å². The SMILES string of the molecule is COc1ccnc(NC2CCN(c3nccn4nc(C(C)(C)C)cc34)C2)n1. The van der Waals surface area contributed by atoms with E-state index < -0.39 is 0 Å². The van der Waals surface area contributed by atoms with Crippen LogP contribution in [0.15, 0.2) is 30.7 Å². The quantitative estimate of drug-likeness (QED) is 0.759. The molecular formula is C19H25N7O. The Morgan fingerprint density at radius 3 is 2.85 bits per heavy atom. The van der Waals surface area contributed by atoms with Crippen molar-refractivity contribution >= 4 is 17.3 Å². The van der Waals surface area contributed by atoms with Crippen LogP contribution in [0.5, 0.6) is 5.88 Å².